The Bertz CT molecular complexity index is 468. The van der Waals surface area contributed by atoms with Crippen molar-refractivity contribution in [1.82, 2.24) is 0 Å². The van der Waals surface area contributed by atoms with Crippen molar-refractivity contribution in [1.29, 1.82) is 0 Å². The third-order valence-corrected chi connectivity index (χ3v) is 2.81. The van der Waals surface area contributed by atoms with E-state index >= 15 is 0 Å². The van der Waals surface area contributed by atoms with Crippen molar-refractivity contribution in [2.75, 3.05) is 5.43 Å². The van der Waals surface area contributed by atoms with E-state index in [9.17, 15) is 10.1 Å². The molecule has 1 heterocycles. The summed E-state index contributed by atoms with van der Waals surface area (Å²) in [7, 11) is 0. The van der Waals surface area contributed by atoms with Crippen LogP contribution in [0.3, 0.4) is 0 Å². The van der Waals surface area contributed by atoms with Crippen LogP contribution in [0.25, 0.3) is 10.4 Å². The van der Waals surface area contributed by atoms with E-state index in [0.29, 0.717) is 5.69 Å². The number of nitro groups is 1. The third kappa shape index (κ3) is 2.32. The number of nitrogens with one attached hydrogen (secondary N) is 1. The van der Waals surface area contributed by atoms with Gasteiger partial charge in [-0.05, 0) is 29.1 Å². The van der Waals surface area contributed by atoms with Crippen LogP contribution in [0.5, 0.6) is 0 Å². The summed E-state index contributed by atoms with van der Waals surface area (Å²) in [5.41, 5.74) is 3.61. The normalized spacial score (nSPS) is 9.87. The van der Waals surface area contributed by atoms with Crippen LogP contribution in [-0.4, -0.2) is 5.03 Å². The molecule has 2 rings (SSSR count). The highest BCUT2D eigenvalue weighted by Crippen LogP contribution is 2.26. The van der Waals surface area contributed by atoms with E-state index in [1.165, 1.54) is 0 Å². The van der Waals surface area contributed by atoms with E-state index in [0.717, 1.165) is 10.4 Å². The van der Waals surface area contributed by atoms with Gasteiger partial charge in [-0.1, -0.05) is 18.2 Å². The molecule has 15 heavy (non-hydrogen) atoms. The Labute approximate surface area is 90.3 Å². The molecule has 0 spiro atoms. The van der Waals surface area contributed by atoms with Crippen molar-refractivity contribution >= 4 is 17.0 Å². The van der Waals surface area contributed by atoms with Gasteiger partial charge in [-0.15, -0.1) is 16.8 Å². The van der Waals surface area contributed by atoms with E-state index in [1.54, 1.807) is 29.5 Å². The number of thiophene rings is 1. The molecule has 4 nitrogen and oxygen atoms in total. The quantitative estimate of drug-likeness (QED) is 0.639. The van der Waals surface area contributed by atoms with Crippen molar-refractivity contribution in [2.24, 2.45) is 0 Å². The highest BCUT2D eigenvalue weighted by molar-refractivity contribution is 7.13. The summed E-state index contributed by atoms with van der Waals surface area (Å²) in [5.74, 6) is 0. The number of hydrogen-bond acceptors (Lipinski definition) is 3. The molecule has 0 saturated carbocycles. The number of hydrazine groups is 1. The van der Waals surface area contributed by atoms with Crippen molar-refractivity contribution in [3.63, 3.8) is 0 Å². The molecule has 0 atom stereocenters. The maximum Gasteiger partial charge on any atom is 0.162 e. The average Bonchev–Trinajstić information content (AvgIpc) is 2.69. The molecule has 0 unspecified atom stereocenters. The van der Waals surface area contributed by atoms with E-state index < -0.39 is 5.03 Å². The molecule has 0 aliphatic rings. The fraction of sp³-hybridized carbons (Fsp3) is 0. The van der Waals surface area contributed by atoms with E-state index in [-0.39, 0.29) is 0 Å². The second kappa shape index (κ2) is 4.10. The van der Waals surface area contributed by atoms with Crippen LogP contribution in [0.15, 0.2) is 41.8 Å². The number of rotatable bonds is 3. The lowest BCUT2D eigenvalue weighted by Gasteiger charge is -2.00. The highest BCUT2D eigenvalue weighted by Gasteiger charge is 2.02. The van der Waals surface area contributed by atoms with Gasteiger partial charge >= 0.3 is 0 Å². The monoisotopic (exact) mass is 220 g/mol. The zero-order valence-corrected chi connectivity index (χ0v) is 8.53. The summed E-state index contributed by atoms with van der Waals surface area (Å²) >= 11 is 1.61. The number of nitrogens with zero attached hydrogens (tertiary/aromatic N) is 1. The lowest BCUT2D eigenvalue weighted by Crippen LogP contribution is -2.07. The van der Waals surface area contributed by atoms with Gasteiger partial charge in [-0.2, -0.15) is 0 Å². The first-order valence-electron chi connectivity index (χ1n) is 4.31. The summed E-state index contributed by atoms with van der Waals surface area (Å²) in [5, 5.41) is 11.7. The van der Waals surface area contributed by atoms with Crippen molar-refractivity contribution in [2.45, 2.75) is 0 Å². The SMILES string of the molecule is O=[N+]([O-])Nc1cccc(-c2cccs2)c1. The Kier molecular flexibility index (Phi) is 2.64. The van der Waals surface area contributed by atoms with Gasteiger partial charge in [0.15, 0.2) is 5.03 Å². The van der Waals surface area contributed by atoms with Gasteiger partial charge in [0, 0.05) is 4.88 Å². The second-order valence-electron chi connectivity index (χ2n) is 2.93. The molecule has 0 saturated heterocycles. The summed E-state index contributed by atoms with van der Waals surface area (Å²) in [6, 6.07) is 11.1. The van der Waals surface area contributed by atoms with Crippen molar-refractivity contribution < 1.29 is 5.03 Å². The second-order valence-corrected chi connectivity index (χ2v) is 3.87. The first-order valence-corrected chi connectivity index (χ1v) is 5.18. The topological polar surface area (TPSA) is 55.2 Å². The minimum atomic E-state index is -0.562. The molecule has 0 fully saturated rings. The van der Waals surface area contributed by atoms with Crippen LogP contribution < -0.4 is 5.43 Å². The van der Waals surface area contributed by atoms with Crippen LogP contribution in [0.1, 0.15) is 0 Å². The molecule has 1 N–H and O–H groups in total. The van der Waals surface area contributed by atoms with Gasteiger partial charge < -0.3 is 0 Å². The van der Waals surface area contributed by atoms with Crippen molar-refractivity contribution in [3.8, 4) is 10.4 Å². The Hall–Kier alpha value is -1.88. The maximum atomic E-state index is 10.3. The lowest BCUT2D eigenvalue weighted by molar-refractivity contribution is -0.445. The predicted molar refractivity (Wildman–Crippen MR) is 60.4 cm³/mol. The van der Waals surface area contributed by atoms with E-state index in [4.69, 9.17) is 0 Å². The van der Waals surface area contributed by atoms with Crippen molar-refractivity contribution in [3.05, 3.63) is 51.9 Å². The fourth-order valence-electron chi connectivity index (χ4n) is 1.29. The molecule has 0 aliphatic carbocycles. The van der Waals surface area contributed by atoms with E-state index in [1.807, 2.05) is 23.6 Å². The summed E-state index contributed by atoms with van der Waals surface area (Å²) in [6.07, 6.45) is 0. The first kappa shape index (κ1) is 9.67. The Morgan fingerprint density at radius 2 is 2.13 bits per heavy atom. The van der Waals surface area contributed by atoms with Crippen LogP contribution in [0.4, 0.5) is 5.69 Å². The fourth-order valence-corrected chi connectivity index (χ4v) is 2.01. The minimum absolute atomic E-state index is 0.492. The molecule has 76 valence electrons. The van der Waals surface area contributed by atoms with Crippen LogP contribution in [-0.2, 0) is 0 Å². The standard InChI is InChI=1S/C10H8N2O2S/c13-12(14)11-9-4-1-3-8(7-9)10-5-2-6-15-10/h1-7,11H. The Balaban J connectivity index is 2.31. The molecular weight excluding hydrogens is 212 g/mol. The van der Waals surface area contributed by atoms with Gasteiger partial charge in [0.1, 0.15) is 5.69 Å². The molecule has 5 heteroatoms. The lowest BCUT2D eigenvalue weighted by atomic mass is 10.2. The van der Waals surface area contributed by atoms with Crippen LogP contribution in [0, 0.1) is 10.1 Å². The molecule has 1 aromatic heterocycles. The molecular formula is C10H8N2O2S. The zero-order valence-electron chi connectivity index (χ0n) is 7.71. The molecule has 0 radical (unpaired) electrons. The van der Waals surface area contributed by atoms with Gasteiger partial charge in [-0.25, -0.2) is 10.1 Å². The van der Waals surface area contributed by atoms with E-state index in [2.05, 4.69) is 5.43 Å². The Morgan fingerprint density at radius 3 is 2.80 bits per heavy atom. The average molecular weight is 220 g/mol. The van der Waals surface area contributed by atoms with Crippen LogP contribution in [0.2, 0.25) is 0 Å². The van der Waals surface area contributed by atoms with Gasteiger partial charge in [0.2, 0.25) is 0 Å². The summed E-state index contributed by atoms with van der Waals surface area (Å²) in [6.45, 7) is 0. The highest BCUT2D eigenvalue weighted by atomic mass is 32.1. The third-order valence-electron chi connectivity index (χ3n) is 1.89. The number of anilines is 1. The maximum absolute atomic E-state index is 10.3. The van der Waals surface area contributed by atoms with Crippen LogP contribution >= 0.6 is 11.3 Å². The summed E-state index contributed by atoms with van der Waals surface area (Å²) < 4.78 is 0. The molecule has 0 aliphatic heterocycles. The largest absolute Gasteiger partial charge is 0.235 e. The predicted octanol–water partition coefficient (Wildman–Crippen LogP) is 3.02. The molecule has 0 amide bonds. The number of hydrogen-bond donors (Lipinski definition) is 1. The Morgan fingerprint density at radius 1 is 1.27 bits per heavy atom. The minimum Gasteiger partial charge on any atom is -0.235 e. The van der Waals surface area contributed by atoms with Gasteiger partial charge in [0.25, 0.3) is 0 Å². The molecule has 0 bridgehead atoms. The number of benzene rings is 1. The van der Waals surface area contributed by atoms with Gasteiger partial charge in [-0.3, -0.25) is 0 Å². The smallest absolute Gasteiger partial charge is 0.162 e. The van der Waals surface area contributed by atoms with Gasteiger partial charge in [0.05, 0.1) is 0 Å². The molecule has 1 aromatic carbocycles. The first-order chi connectivity index (χ1) is 7.25. The molecule has 2 aromatic rings. The zero-order chi connectivity index (χ0) is 10.7. The summed E-state index contributed by atoms with van der Waals surface area (Å²) in [4.78, 5) is 11.4.